The summed E-state index contributed by atoms with van der Waals surface area (Å²) >= 11 is 6.49. The van der Waals surface area contributed by atoms with Crippen LogP contribution in [0.15, 0.2) is 141 Å². The molecule has 9 aliphatic rings. The molecule has 0 radical (unpaired) electrons. The van der Waals surface area contributed by atoms with Gasteiger partial charge in [0.15, 0.2) is 22.6 Å². The molecule has 18 bridgehead atoms. The molecule has 1 unspecified atom stereocenters. The summed E-state index contributed by atoms with van der Waals surface area (Å²) in [4.78, 5) is 34.3. The smallest absolute Gasteiger partial charge is 0.165 e. The van der Waals surface area contributed by atoms with Gasteiger partial charge in [-0.2, -0.15) is 20.4 Å². The average molecular weight is 1530 g/mol. The number of aryl methyl sites for hydroxylation is 4. The molecule has 6 atom stereocenters. The molecule has 9 aliphatic heterocycles. The molecule has 4 N–H and O–H groups in total. The first kappa shape index (κ1) is 73.3. The van der Waals surface area contributed by atoms with E-state index < -0.39 is 0 Å². The Kier molecular flexibility index (Phi) is 21.2. The third-order valence-corrected chi connectivity index (χ3v) is 23.9. The second kappa shape index (κ2) is 32.5. The largest absolute Gasteiger partial charge is 0.492 e. The van der Waals surface area contributed by atoms with Gasteiger partial charge in [-0.1, -0.05) is 29.8 Å². The van der Waals surface area contributed by atoms with Crippen molar-refractivity contribution in [3.63, 3.8) is 0 Å². The summed E-state index contributed by atoms with van der Waals surface area (Å²) in [5.41, 5.74) is 16.5. The van der Waals surface area contributed by atoms with Crippen LogP contribution in [0.3, 0.4) is 0 Å². The van der Waals surface area contributed by atoms with Crippen LogP contribution in [-0.2, 0) is 4.74 Å². The van der Waals surface area contributed by atoms with E-state index >= 15 is 0 Å². The highest BCUT2D eigenvalue weighted by Gasteiger charge is 2.37. The van der Waals surface area contributed by atoms with Crippen molar-refractivity contribution in [3.8, 4) is 67.5 Å². The van der Waals surface area contributed by atoms with Crippen LogP contribution in [0.2, 0.25) is 5.02 Å². The zero-order valence-electron chi connectivity index (χ0n) is 64.5. The van der Waals surface area contributed by atoms with Gasteiger partial charge in [-0.05, 0) is 184 Å². The molecule has 0 spiro atoms. The molecule has 27 nitrogen and oxygen atoms in total. The summed E-state index contributed by atoms with van der Waals surface area (Å²) < 4.78 is 38.1. The molecule has 0 saturated carbocycles. The molecule has 0 amide bonds. The van der Waals surface area contributed by atoms with E-state index in [0.717, 1.165) is 243 Å². The number of hydrogen-bond donors (Lipinski definition) is 4. The van der Waals surface area contributed by atoms with E-state index in [1.165, 1.54) is 42.5 Å². The summed E-state index contributed by atoms with van der Waals surface area (Å²) in [6.45, 7) is 28.6. The van der Waals surface area contributed by atoms with E-state index in [0.29, 0.717) is 43.0 Å². The Bertz CT molecular complexity index is 5360. The fourth-order valence-electron chi connectivity index (χ4n) is 17.2. The van der Waals surface area contributed by atoms with E-state index in [9.17, 15) is 0 Å². The van der Waals surface area contributed by atoms with Crippen LogP contribution in [0.5, 0.6) is 23.0 Å². The number of aromatic nitrogens is 12. The zero-order chi connectivity index (χ0) is 75.8. The maximum atomic E-state index is 6.49. The number of piperazine rings is 1. The van der Waals surface area contributed by atoms with Gasteiger partial charge in [-0.3, -0.25) is 24.5 Å². The summed E-state index contributed by atoms with van der Waals surface area (Å²) in [7, 11) is 2.10. The normalized spacial score (nSPS) is 22.1. The Morgan fingerprint density at radius 2 is 0.902 bits per heavy atom. The van der Waals surface area contributed by atoms with Crippen molar-refractivity contribution in [2.75, 3.05) is 172 Å². The lowest BCUT2D eigenvalue weighted by molar-refractivity contribution is -0.0219. The minimum Gasteiger partial charge on any atom is -0.492 e. The highest BCUT2D eigenvalue weighted by atomic mass is 35.5. The van der Waals surface area contributed by atoms with Crippen molar-refractivity contribution in [1.29, 1.82) is 0 Å². The lowest BCUT2D eigenvalue weighted by Crippen LogP contribution is -2.58. The third-order valence-electron chi connectivity index (χ3n) is 23.6. The maximum absolute atomic E-state index is 6.49. The molecule has 17 heterocycles. The minimum absolute atomic E-state index is 0.133. The van der Waals surface area contributed by atoms with Crippen LogP contribution in [0.1, 0.15) is 47.9 Å². The summed E-state index contributed by atoms with van der Waals surface area (Å²) in [6.07, 6.45) is 20.6. The van der Waals surface area contributed by atoms with Crippen molar-refractivity contribution < 1.29 is 23.7 Å². The van der Waals surface area contributed by atoms with Gasteiger partial charge in [0.2, 0.25) is 0 Å². The van der Waals surface area contributed by atoms with E-state index in [4.69, 9.17) is 55.2 Å². The number of nitrogens with one attached hydrogen (secondary N) is 4. The SMILES string of the molecule is Cc1cc(Cl)c2cc1-c1cnn3ccc(nc13)NCCN1CCC[C@H]1CO2.Cc1ccc2cc1-c1cnn3ccc(nc13)N(C)CCN1CCOC[C@H]1CO2.Cc1ccc2cc1-c1cnn3ccc(nc13)NCCN1CCNC[C@H](C1)O2.Cc1ccc2cc1-c1cnn3ccc(nc13)NCCN1C[C@H]3CCCN3C[C@H]1CO2. The summed E-state index contributed by atoms with van der Waals surface area (Å²) in [5, 5.41) is 32.6. The van der Waals surface area contributed by atoms with Crippen LogP contribution in [0, 0.1) is 27.7 Å². The monoisotopic (exact) mass is 1530 g/mol. The molecule has 4 aromatic carbocycles. The van der Waals surface area contributed by atoms with E-state index in [1.54, 1.807) is 4.52 Å². The summed E-state index contributed by atoms with van der Waals surface area (Å²) in [6, 6.07) is 32.7. The summed E-state index contributed by atoms with van der Waals surface area (Å²) in [5.74, 6) is 7.05. The van der Waals surface area contributed by atoms with Gasteiger partial charge in [-0.25, -0.2) is 38.0 Å². The lowest BCUT2D eigenvalue weighted by Gasteiger charge is -2.43. The van der Waals surface area contributed by atoms with E-state index in [1.807, 2.05) is 106 Å². The first-order chi connectivity index (χ1) is 54.9. The Morgan fingerprint density at radius 3 is 1.53 bits per heavy atom. The fourth-order valence-corrected chi connectivity index (χ4v) is 17.5. The standard InChI is InChI=1S/C23H28N6O.C21H25N5O2.C20H22ClN5O.C20H24N6O/c1-16-4-5-19-11-20(16)21-12-25-29-9-6-22(26-23(21)29)24-7-10-28-13-17-3-2-8-27(17)14-18(28)15-30-19;1-15-3-4-17-11-18(15)19-12-22-26-6-5-20(23-21(19)26)24(2)7-8-25-9-10-27-13-16(25)14-28-17;1-13-9-17(21)18-10-15(13)16-11-23-26-7-4-19(24-20(16)26)22-5-8-25-6-2-3-14(25)12-27-18;1-14-2-3-15-10-17(14)18-12-23-26-7-4-19(24-20(18)26)22-6-9-25-8-5-21-11-16(13-25)27-15/h4-6,9,11-12,17-18H,2-3,7-8,10,13-15H2,1H3,(H,24,26);3-6,11-12,16H,7-10,13-14H2,1-2H3;4,7,9-11,14H,2-3,5-6,8,12H2,1H3,(H,22,24);2-4,7,10,12,16,21H,5-6,8-9,11,13H2,1H3,(H,22,24)/t17-,18+;16-;14-;16-/m1001/s1. The third kappa shape index (κ3) is 15.7. The number of fused-ring (bicyclic) bond motifs is 22. The van der Waals surface area contributed by atoms with E-state index in [2.05, 4.69) is 154 Å². The molecule has 112 heavy (non-hydrogen) atoms. The maximum Gasteiger partial charge on any atom is 0.165 e. The quantitative estimate of drug-likeness (QED) is 0.110. The number of morpholine rings is 1. The predicted octanol–water partition coefficient (Wildman–Crippen LogP) is 10.3. The molecular weight excluding hydrogens is 1430 g/mol. The predicted molar refractivity (Wildman–Crippen MR) is 437 cm³/mol. The highest BCUT2D eigenvalue weighted by Crippen LogP contribution is 2.39. The molecule has 21 rings (SSSR count). The van der Waals surface area contributed by atoms with Gasteiger partial charge >= 0.3 is 0 Å². The number of halogens is 1. The van der Waals surface area contributed by atoms with Crippen LogP contribution in [0.25, 0.3) is 67.1 Å². The number of ether oxygens (including phenoxy) is 5. The minimum atomic E-state index is 0.133. The van der Waals surface area contributed by atoms with Gasteiger partial charge in [0, 0.05) is 164 Å². The number of anilines is 4. The van der Waals surface area contributed by atoms with E-state index in [-0.39, 0.29) is 12.1 Å². The van der Waals surface area contributed by atoms with Gasteiger partial charge in [-0.15, -0.1) is 0 Å². The van der Waals surface area contributed by atoms with Gasteiger partial charge < -0.3 is 49.9 Å². The Balaban J connectivity index is 0.000000104. The Morgan fingerprint density at radius 1 is 0.411 bits per heavy atom. The van der Waals surface area contributed by atoms with Crippen molar-refractivity contribution in [3.05, 3.63) is 168 Å². The van der Waals surface area contributed by atoms with Crippen LogP contribution in [0.4, 0.5) is 23.3 Å². The van der Waals surface area contributed by atoms with Crippen LogP contribution >= 0.6 is 11.6 Å². The number of likely N-dealkylation sites (N-methyl/N-ethyl adjacent to an activating group) is 1. The lowest BCUT2D eigenvalue weighted by atomic mass is 10.0. The number of benzene rings is 4. The Labute approximate surface area is 657 Å². The average Bonchev–Trinajstić information content (AvgIpc) is 1.63. The topological polar surface area (TPSA) is 234 Å². The molecule has 5 saturated heterocycles. The van der Waals surface area contributed by atoms with Crippen molar-refractivity contribution in [2.24, 2.45) is 0 Å². The second-order valence-electron chi connectivity index (χ2n) is 31.0. The van der Waals surface area contributed by atoms with Crippen LogP contribution in [-0.4, -0.2) is 265 Å². The highest BCUT2D eigenvalue weighted by molar-refractivity contribution is 6.32. The molecule has 0 aliphatic carbocycles. The van der Waals surface area contributed by atoms with Gasteiger partial charge in [0.25, 0.3) is 0 Å². The number of nitrogens with zero attached hydrogens (tertiary/aromatic N) is 18. The van der Waals surface area contributed by atoms with Gasteiger partial charge in [0.05, 0.1) is 55.1 Å². The van der Waals surface area contributed by atoms with Crippen molar-refractivity contribution >= 4 is 57.5 Å². The van der Waals surface area contributed by atoms with Crippen LogP contribution < -0.4 is 45.1 Å². The molecule has 5 fully saturated rings. The fraction of sp³-hybridized carbons (Fsp3) is 0.429. The molecule has 8 aromatic heterocycles. The first-order valence-corrected chi connectivity index (χ1v) is 40.2. The zero-order valence-corrected chi connectivity index (χ0v) is 65.3. The molecular formula is C84H99ClN22O5. The number of hydrogen-bond acceptors (Lipinski definition) is 23. The first-order valence-electron chi connectivity index (χ1n) is 39.8. The molecule has 582 valence electrons. The molecule has 28 heteroatoms. The Hall–Kier alpha value is -10.2. The van der Waals surface area contributed by atoms with Crippen molar-refractivity contribution in [1.82, 2.24) is 88.2 Å². The van der Waals surface area contributed by atoms with Gasteiger partial charge in [0.1, 0.15) is 72.2 Å². The second-order valence-corrected chi connectivity index (χ2v) is 31.4. The molecule has 12 aromatic rings. The number of rotatable bonds is 0. The van der Waals surface area contributed by atoms with Crippen molar-refractivity contribution in [2.45, 2.75) is 83.6 Å².